The second-order valence-electron chi connectivity index (χ2n) is 3.82. The third-order valence-corrected chi connectivity index (χ3v) is 3.21. The highest BCUT2D eigenvalue weighted by Gasteiger charge is 2.18. The van der Waals surface area contributed by atoms with Crippen LogP contribution in [-0.2, 0) is 0 Å². The molecule has 15 heavy (non-hydrogen) atoms. The number of hydrogen-bond acceptors (Lipinski definition) is 2. The Labute approximate surface area is 98.7 Å². The summed E-state index contributed by atoms with van der Waals surface area (Å²) in [7, 11) is 1.67. The van der Waals surface area contributed by atoms with Crippen molar-refractivity contribution < 1.29 is 9.47 Å². The Morgan fingerprint density at radius 3 is 2.60 bits per heavy atom. The maximum atomic E-state index is 5.92. The van der Waals surface area contributed by atoms with Gasteiger partial charge in [0.15, 0.2) is 11.5 Å². The Bertz CT molecular complexity index is 332. The van der Waals surface area contributed by atoms with Gasteiger partial charge >= 0.3 is 0 Å². The van der Waals surface area contributed by atoms with Gasteiger partial charge in [0, 0.05) is 4.47 Å². The normalized spacial score (nSPS) is 16.7. The minimum absolute atomic E-state index is 0.369. The monoisotopic (exact) mass is 270 g/mol. The van der Waals surface area contributed by atoms with Crippen molar-refractivity contribution in [3.05, 3.63) is 22.7 Å². The molecule has 1 saturated carbocycles. The van der Waals surface area contributed by atoms with Crippen molar-refractivity contribution in [2.75, 3.05) is 7.11 Å². The van der Waals surface area contributed by atoms with Crippen LogP contribution in [0.15, 0.2) is 22.7 Å². The average molecular weight is 271 g/mol. The van der Waals surface area contributed by atoms with E-state index in [1.165, 1.54) is 12.8 Å². The van der Waals surface area contributed by atoms with Crippen LogP contribution in [0.5, 0.6) is 11.5 Å². The van der Waals surface area contributed by atoms with Crippen LogP contribution >= 0.6 is 15.9 Å². The minimum atomic E-state index is 0.369. The van der Waals surface area contributed by atoms with Crippen LogP contribution in [-0.4, -0.2) is 13.2 Å². The van der Waals surface area contributed by atoms with Crippen LogP contribution < -0.4 is 9.47 Å². The van der Waals surface area contributed by atoms with E-state index in [-0.39, 0.29) is 0 Å². The molecule has 0 saturated heterocycles. The molecule has 0 unspecified atom stereocenters. The molecule has 0 spiro atoms. The lowest BCUT2D eigenvalue weighted by Crippen LogP contribution is -2.11. The Morgan fingerprint density at radius 1 is 1.20 bits per heavy atom. The van der Waals surface area contributed by atoms with Gasteiger partial charge in [0.1, 0.15) is 0 Å². The van der Waals surface area contributed by atoms with Crippen LogP contribution in [0.4, 0.5) is 0 Å². The summed E-state index contributed by atoms with van der Waals surface area (Å²) in [5, 5.41) is 0. The van der Waals surface area contributed by atoms with Crippen LogP contribution in [0.25, 0.3) is 0 Å². The van der Waals surface area contributed by atoms with Gasteiger partial charge in [-0.25, -0.2) is 0 Å². The SMILES string of the molecule is COc1ccc(Br)cc1OC1CCCC1. The standard InChI is InChI=1S/C12H15BrO2/c1-14-11-7-6-9(13)8-12(11)15-10-4-2-3-5-10/h6-8,10H,2-5H2,1H3. The van der Waals surface area contributed by atoms with Crippen molar-refractivity contribution in [2.45, 2.75) is 31.8 Å². The molecule has 82 valence electrons. The fourth-order valence-electron chi connectivity index (χ4n) is 1.93. The number of halogens is 1. The van der Waals surface area contributed by atoms with E-state index < -0.39 is 0 Å². The molecule has 1 fully saturated rings. The predicted molar refractivity (Wildman–Crippen MR) is 63.6 cm³/mol. The molecular formula is C12H15BrO2. The first-order valence-corrected chi connectivity index (χ1v) is 6.09. The Balaban J connectivity index is 2.14. The highest BCUT2D eigenvalue weighted by atomic mass is 79.9. The molecule has 0 N–H and O–H groups in total. The molecule has 1 aromatic rings. The van der Waals surface area contributed by atoms with Gasteiger partial charge in [0.2, 0.25) is 0 Å². The van der Waals surface area contributed by atoms with E-state index in [4.69, 9.17) is 9.47 Å². The summed E-state index contributed by atoms with van der Waals surface area (Å²) in [6, 6.07) is 5.85. The molecule has 0 amide bonds. The number of methoxy groups -OCH3 is 1. The molecule has 0 radical (unpaired) electrons. The third-order valence-electron chi connectivity index (χ3n) is 2.72. The lowest BCUT2D eigenvalue weighted by molar-refractivity contribution is 0.200. The average Bonchev–Trinajstić information content (AvgIpc) is 2.71. The fourth-order valence-corrected chi connectivity index (χ4v) is 2.27. The third kappa shape index (κ3) is 2.65. The summed E-state index contributed by atoms with van der Waals surface area (Å²) < 4.78 is 12.2. The lowest BCUT2D eigenvalue weighted by Gasteiger charge is -2.15. The highest BCUT2D eigenvalue weighted by Crippen LogP contribution is 2.33. The Morgan fingerprint density at radius 2 is 1.93 bits per heavy atom. The van der Waals surface area contributed by atoms with E-state index in [1.807, 2.05) is 18.2 Å². The number of benzene rings is 1. The summed E-state index contributed by atoms with van der Waals surface area (Å²) in [6.07, 6.45) is 5.25. The fraction of sp³-hybridized carbons (Fsp3) is 0.500. The largest absolute Gasteiger partial charge is 0.493 e. The lowest BCUT2D eigenvalue weighted by atomic mass is 10.3. The predicted octanol–water partition coefficient (Wildman–Crippen LogP) is 3.78. The van der Waals surface area contributed by atoms with Gasteiger partial charge in [0.25, 0.3) is 0 Å². The molecular weight excluding hydrogens is 256 g/mol. The molecule has 2 nitrogen and oxygen atoms in total. The molecule has 3 heteroatoms. The minimum Gasteiger partial charge on any atom is -0.493 e. The number of ether oxygens (including phenoxy) is 2. The van der Waals surface area contributed by atoms with Gasteiger partial charge in [0.05, 0.1) is 13.2 Å². The van der Waals surface area contributed by atoms with E-state index in [1.54, 1.807) is 7.11 Å². The van der Waals surface area contributed by atoms with Crippen molar-refractivity contribution in [1.82, 2.24) is 0 Å². The van der Waals surface area contributed by atoms with E-state index in [9.17, 15) is 0 Å². The first-order chi connectivity index (χ1) is 7.29. The van der Waals surface area contributed by atoms with Crippen molar-refractivity contribution in [1.29, 1.82) is 0 Å². The molecule has 1 aliphatic rings. The molecule has 2 rings (SSSR count). The second-order valence-corrected chi connectivity index (χ2v) is 4.74. The molecule has 0 atom stereocenters. The number of hydrogen-bond donors (Lipinski definition) is 0. The summed E-state index contributed by atoms with van der Waals surface area (Å²) in [4.78, 5) is 0. The van der Waals surface area contributed by atoms with Crippen LogP contribution in [0, 0.1) is 0 Å². The quantitative estimate of drug-likeness (QED) is 0.833. The van der Waals surface area contributed by atoms with Gasteiger partial charge in [-0.05, 0) is 43.9 Å². The molecule has 0 heterocycles. The highest BCUT2D eigenvalue weighted by molar-refractivity contribution is 9.10. The Hall–Kier alpha value is -0.700. The molecule has 0 bridgehead atoms. The van der Waals surface area contributed by atoms with Crippen molar-refractivity contribution in [3.63, 3.8) is 0 Å². The number of rotatable bonds is 3. The van der Waals surface area contributed by atoms with Crippen LogP contribution in [0.2, 0.25) is 0 Å². The maximum absolute atomic E-state index is 5.92. The van der Waals surface area contributed by atoms with E-state index in [0.717, 1.165) is 28.8 Å². The van der Waals surface area contributed by atoms with Crippen molar-refractivity contribution in [3.8, 4) is 11.5 Å². The van der Waals surface area contributed by atoms with Crippen LogP contribution in [0.3, 0.4) is 0 Å². The van der Waals surface area contributed by atoms with Gasteiger partial charge in [-0.3, -0.25) is 0 Å². The van der Waals surface area contributed by atoms with Crippen molar-refractivity contribution >= 4 is 15.9 Å². The summed E-state index contributed by atoms with van der Waals surface area (Å²) in [5.74, 6) is 1.66. The van der Waals surface area contributed by atoms with Gasteiger partial charge in [-0.15, -0.1) is 0 Å². The van der Waals surface area contributed by atoms with E-state index in [2.05, 4.69) is 15.9 Å². The summed E-state index contributed by atoms with van der Waals surface area (Å²) in [5.41, 5.74) is 0. The zero-order chi connectivity index (χ0) is 10.7. The summed E-state index contributed by atoms with van der Waals surface area (Å²) in [6.45, 7) is 0. The maximum Gasteiger partial charge on any atom is 0.162 e. The molecule has 1 aliphatic carbocycles. The molecule has 0 aliphatic heterocycles. The zero-order valence-electron chi connectivity index (χ0n) is 8.83. The van der Waals surface area contributed by atoms with Gasteiger partial charge < -0.3 is 9.47 Å². The Kier molecular flexibility index (Phi) is 3.52. The van der Waals surface area contributed by atoms with Gasteiger partial charge in [-0.1, -0.05) is 15.9 Å². The molecule has 1 aromatic carbocycles. The van der Waals surface area contributed by atoms with Gasteiger partial charge in [-0.2, -0.15) is 0 Å². The topological polar surface area (TPSA) is 18.5 Å². The summed E-state index contributed by atoms with van der Waals surface area (Å²) >= 11 is 3.44. The van der Waals surface area contributed by atoms with E-state index in [0.29, 0.717) is 6.10 Å². The smallest absolute Gasteiger partial charge is 0.162 e. The first kappa shape index (κ1) is 10.8. The van der Waals surface area contributed by atoms with Crippen LogP contribution in [0.1, 0.15) is 25.7 Å². The second kappa shape index (κ2) is 4.88. The zero-order valence-corrected chi connectivity index (χ0v) is 10.4. The first-order valence-electron chi connectivity index (χ1n) is 5.30. The van der Waals surface area contributed by atoms with E-state index >= 15 is 0 Å². The molecule has 0 aromatic heterocycles. The van der Waals surface area contributed by atoms with Crippen molar-refractivity contribution in [2.24, 2.45) is 0 Å².